The highest BCUT2D eigenvalue weighted by molar-refractivity contribution is 5.95. The molecule has 20 heavy (non-hydrogen) atoms. The van der Waals surface area contributed by atoms with Crippen molar-refractivity contribution in [1.82, 2.24) is 0 Å². The van der Waals surface area contributed by atoms with Gasteiger partial charge < -0.3 is 20.5 Å². The van der Waals surface area contributed by atoms with Crippen LogP contribution in [0.15, 0.2) is 18.2 Å². The third kappa shape index (κ3) is 3.22. The molecule has 1 aliphatic carbocycles. The maximum absolute atomic E-state index is 11.4. The van der Waals surface area contributed by atoms with Gasteiger partial charge in [-0.15, -0.1) is 0 Å². The van der Waals surface area contributed by atoms with Crippen molar-refractivity contribution in [3.63, 3.8) is 0 Å². The van der Waals surface area contributed by atoms with Gasteiger partial charge in [-0.25, -0.2) is 4.79 Å². The number of carbonyl (C=O) groups is 1. The third-order valence-electron chi connectivity index (χ3n) is 3.89. The summed E-state index contributed by atoms with van der Waals surface area (Å²) < 4.78 is 5.15. The quantitative estimate of drug-likeness (QED) is 0.748. The fourth-order valence-corrected chi connectivity index (χ4v) is 2.54. The number of benzene rings is 1. The zero-order valence-electron chi connectivity index (χ0n) is 12.0. The molecule has 0 spiro atoms. The predicted molar refractivity (Wildman–Crippen MR) is 79.2 cm³/mol. The second-order valence-electron chi connectivity index (χ2n) is 5.35. The number of nitrogens with zero attached hydrogens (tertiary/aromatic N) is 1. The van der Waals surface area contributed by atoms with Crippen LogP contribution >= 0.6 is 0 Å². The van der Waals surface area contributed by atoms with Crippen LogP contribution in [0.5, 0.6) is 0 Å². The van der Waals surface area contributed by atoms with E-state index in [2.05, 4.69) is 11.8 Å². The van der Waals surface area contributed by atoms with Crippen LogP contribution in [0, 0.1) is 5.92 Å². The van der Waals surface area contributed by atoms with Crippen LogP contribution in [0.3, 0.4) is 0 Å². The van der Waals surface area contributed by atoms with Gasteiger partial charge in [-0.2, -0.15) is 0 Å². The Hall–Kier alpha value is -1.75. The number of nitrogen functional groups attached to an aromatic ring is 1. The van der Waals surface area contributed by atoms with E-state index in [1.54, 1.807) is 19.2 Å². The van der Waals surface area contributed by atoms with Gasteiger partial charge in [0, 0.05) is 25.4 Å². The number of rotatable bonds is 7. The van der Waals surface area contributed by atoms with Gasteiger partial charge in [-0.1, -0.05) is 0 Å². The van der Waals surface area contributed by atoms with Crippen molar-refractivity contribution in [2.24, 2.45) is 5.92 Å². The highest BCUT2D eigenvalue weighted by Crippen LogP contribution is 2.38. The van der Waals surface area contributed by atoms with Crippen LogP contribution in [0.4, 0.5) is 11.4 Å². The lowest BCUT2D eigenvalue weighted by Crippen LogP contribution is -2.38. The van der Waals surface area contributed by atoms with Crippen molar-refractivity contribution in [3.05, 3.63) is 23.8 Å². The van der Waals surface area contributed by atoms with E-state index >= 15 is 0 Å². The lowest BCUT2D eigenvalue weighted by Gasteiger charge is -2.32. The normalized spacial score (nSPS) is 15.9. The fourth-order valence-electron chi connectivity index (χ4n) is 2.54. The Balaban J connectivity index is 2.33. The number of carboxylic acid groups (broad SMARTS) is 1. The number of anilines is 2. The summed E-state index contributed by atoms with van der Waals surface area (Å²) in [6.07, 6.45) is 2.42. The SMILES string of the molecule is COCCN(c1ccc(N)cc1C(=O)O)C(C)C1CC1. The summed E-state index contributed by atoms with van der Waals surface area (Å²) in [7, 11) is 1.65. The number of hydrogen-bond donors (Lipinski definition) is 2. The largest absolute Gasteiger partial charge is 0.478 e. The van der Waals surface area contributed by atoms with Gasteiger partial charge in [-0.05, 0) is 43.9 Å². The molecule has 0 bridgehead atoms. The zero-order chi connectivity index (χ0) is 14.7. The molecule has 0 saturated heterocycles. The van der Waals surface area contributed by atoms with Crippen LogP contribution in [0.1, 0.15) is 30.1 Å². The third-order valence-corrected chi connectivity index (χ3v) is 3.89. The van der Waals surface area contributed by atoms with Crippen LogP contribution < -0.4 is 10.6 Å². The number of carboxylic acids is 1. The van der Waals surface area contributed by atoms with E-state index in [9.17, 15) is 9.90 Å². The van der Waals surface area contributed by atoms with Gasteiger partial charge in [-0.3, -0.25) is 0 Å². The minimum absolute atomic E-state index is 0.258. The molecule has 1 aliphatic rings. The number of nitrogens with two attached hydrogens (primary N) is 1. The molecule has 5 nitrogen and oxygen atoms in total. The Morgan fingerprint density at radius 1 is 1.55 bits per heavy atom. The maximum atomic E-state index is 11.4. The first-order valence-corrected chi connectivity index (χ1v) is 6.93. The van der Waals surface area contributed by atoms with Gasteiger partial charge in [0.15, 0.2) is 0 Å². The molecular weight excluding hydrogens is 256 g/mol. The predicted octanol–water partition coefficient (Wildman–Crippen LogP) is 2.22. The Morgan fingerprint density at radius 3 is 2.80 bits per heavy atom. The van der Waals surface area contributed by atoms with Gasteiger partial charge in [0.05, 0.1) is 17.9 Å². The van der Waals surface area contributed by atoms with E-state index in [-0.39, 0.29) is 5.56 Å². The molecule has 5 heteroatoms. The molecule has 0 aromatic heterocycles. The summed E-state index contributed by atoms with van der Waals surface area (Å²) in [6, 6.07) is 5.39. The van der Waals surface area contributed by atoms with E-state index in [4.69, 9.17) is 10.5 Å². The van der Waals surface area contributed by atoms with E-state index in [0.717, 1.165) is 5.69 Å². The van der Waals surface area contributed by atoms with Crippen molar-refractivity contribution >= 4 is 17.3 Å². The Kier molecular flexibility index (Phi) is 4.49. The van der Waals surface area contributed by atoms with Crippen LogP contribution in [0.2, 0.25) is 0 Å². The first kappa shape index (κ1) is 14.7. The lowest BCUT2D eigenvalue weighted by molar-refractivity contribution is 0.0697. The Labute approximate surface area is 119 Å². The van der Waals surface area contributed by atoms with Crippen molar-refractivity contribution in [3.8, 4) is 0 Å². The molecule has 1 unspecified atom stereocenters. The summed E-state index contributed by atoms with van der Waals surface area (Å²) in [5.74, 6) is -0.302. The lowest BCUT2D eigenvalue weighted by atomic mass is 10.1. The molecule has 1 atom stereocenters. The molecule has 1 fully saturated rings. The summed E-state index contributed by atoms with van der Waals surface area (Å²) >= 11 is 0. The van der Waals surface area contributed by atoms with Gasteiger partial charge in [0.1, 0.15) is 0 Å². The highest BCUT2D eigenvalue weighted by Gasteiger charge is 2.33. The van der Waals surface area contributed by atoms with Crippen LogP contribution in [-0.4, -0.2) is 37.4 Å². The van der Waals surface area contributed by atoms with Crippen molar-refractivity contribution in [2.45, 2.75) is 25.8 Å². The average molecular weight is 278 g/mol. The summed E-state index contributed by atoms with van der Waals surface area (Å²) in [4.78, 5) is 13.6. The highest BCUT2D eigenvalue weighted by atomic mass is 16.5. The molecule has 1 saturated carbocycles. The second-order valence-corrected chi connectivity index (χ2v) is 5.35. The van der Waals surface area contributed by atoms with Crippen molar-refractivity contribution < 1.29 is 14.6 Å². The number of methoxy groups -OCH3 is 1. The monoisotopic (exact) mass is 278 g/mol. The van der Waals surface area contributed by atoms with E-state index in [1.807, 2.05) is 0 Å². The number of aromatic carboxylic acids is 1. The number of ether oxygens (including phenoxy) is 1. The minimum Gasteiger partial charge on any atom is -0.478 e. The van der Waals surface area contributed by atoms with Gasteiger partial charge in [0.25, 0.3) is 0 Å². The molecule has 1 aromatic carbocycles. The zero-order valence-corrected chi connectivity index (χ0v) is 12.0. The van der Waals surface area contributed by atoms with Crippen molar-refractivity contribution in [2.75, 3.05) is 30.9 Å². The Bertz CT molecular complexity index is 486. The molecule has 0 heterocycles. The standard InChI is InChI=1S/C15H22N2O3/c1-10(11-3-4-11)17(7-8-20-2)14-6-5-12(16)9-13(14)15(18)19/h5-6,9-11H,3-4,7-8,16H2,1-2H3,(H,18,19). The van der Waals surface area contributed by atoms with Gasteiger partial charge >= 0.3 is 5.97 Å². The van der Waals surface area contributed by atoms with Crippen LogP contribution in [0.25, 0.3) is 0 Å². The molecular formula is C15H22N2O3. The molecule has 1 aromatic rings. The van der Waals surface area contributed by atoms with E-state index < -0.39 is 5.97 Å². The van der Waals surface area contributed by atoms with Crippen LogP contribution in [-0.2, 0) is 4.74 Å². The first-order valence-electron chi connectivity index (χ1n) is 6.93. The Morgan fingerprint density at radius 2 is 2.25 bits per heavy atom. The molecule has 0 amide bonds. The molecule has 0 radical (unpaired) electrons. The van der Waals surface area contributed by atoms with Crippen molar-refractivity contribution in [1.29, 1.82) is 0 Å². The smallest absolute Gasteiger partial charge is 0.337 e. The molecule has 3 N–H and O–H groups in total. The first-order chi connectivity index (χ1) is 9.54. The summed E-state index contributed by atoms with van der Waals surface area (Å²) in [5, 5.41) is 9.39. The average Bonchev–Trinajstić information content (AvgIpc) is 3.24. The van der Waals surface area contributed by atoms with E-state index in [1.165, 1.54) is 18.9 Å². The molecule has 110 valence electrons. The topological polar surface area (TPSA) is 75.8 Å². The summed E-state index contributed by atoms with van der Waals surface area (Å²) in [6.45, 7) is 3.40. The summed E-state index contributed by atoms with van der Waals surface area (Å²) in [5.41, 5.74) is 7.16. The minimum atomic E-state index is -0.947. The maximum Gasteiger partial charge on any atom is 0.337 e. The molecule has 0 aliphatic heterocycles. The number of hydrogen-bond acceptors (Lipinski definition) is 4. The second kappa shape index (κ2) is 6.13. The fraction of sp³-hybridized carbons (Fsp3) is 0.533. The van der Waals surface area contributed by atoms with E-state index in [0.29, 0.717) is 30.8 Å². The molecule has 2 rings (SSSR count). The van der Waals surface area contributed by atoms with Gasteiger partial charge in [0.2, 0.25) is 0 Å².